The minimum absolute atomic E-state index is 0.0905. The summed E-state index contributed by atoms with van der Waals surface area (Å²) in [6.07, 6.45) is 38.7. The van der Waals surface area contributed by atoms with Gasteiger partial charge in [-0.15, -0.1) is 0 Å². The van der Waals surface area contributed by atoms with Gasteiger partial charge < -0.3 is 39.9 Å². The van der Waals surface area contributed by atoms with Gasteiger partial charge in [-0.25, -0.2) is 4.57 Å². The predicted octanol–water partition coefficient (Wildman–Crippen LogP) is 11.5. The molecule has 0 spiro atoms. The van der Waals surface area contributed by atoms with Crippen LogP contribution in [0, 0.1) is 0 Å². The number of aliphatic hydroxyl groups excluding tert-OH is 5. The smallest absolute Gasteiger partial charge is 0.462 e. The highest BCUT2D eigenvalue weighted by Crippen LogP contribution is 2.47. The quantitative estimate of drug-likeness (QED) is 0.0145. The zero-order valence-electron chi connectivity index (χ0n) is 41.7. The molecule has 0 amide bonds. The van der Waals surface area contributed by atoms with E-state index in [0.29, 0.717) is 12.8 Å². The van der Waals surface area contributed by atoms with E-state index in [1.54, 1.807) is 0 Å². The van der Waals surface area contributed by atoms with Crippen LogP contribution in [0.4, 0.5) is 0 Å². The SMILES string of the molecule is CCCCC/C=C/C/C=C/C/C=C/CCCCCCC(=O)OC[C@H](COP(=O)(O)OC1C(O)C(O)C(O)[C@@H](O)C1O)OC(=O)CCCCCCCCCCCCC/C=C/CCCCCCCC. The maximum absolute atomic E-state index is 12.9. The molecule has 0 aromatic rings. The van der Waals surface area contributed by atoms with E-state index in [1.165, 1.54) is 109 Å². The Bertz CT molecular complexity index is 1350. The van der Waals surface area contributed by atoms with Crippen molar-refractivity contribution < 1.29 is 63.1 Å². The number of carbonyl (C=O) groups excluding carboxylic acids is 2. The molecule has 1 aliphatic rings. The van der Waals surface area contributed by atoms with Crippen molar-refractivity contribution >= 4 is 19.8 Å². The van der Waals surface area contributed by atoms with Crippen molar-refractivity contribution in [3.63, 3.8) is 0 Å². The van der Waals surface area contributed by atoms with Crippen molar-refractivity contribution in [2.24, 2.45) is 0 Å². The summed E-state index contributed by atoms with van der Waals surface area (Å²) in [4.78, 5) is 35.9. The molecule has 0 saturated heterocycles. The van der Waals surface area contributed by atoms with E-state index in [2.05, 4.69) is 62.5 Å². The summed E-state index contributed by atoms with van der Waals surface area (Å²) in [5.74, 6) is -1.12. The second kappa shape index (κ2) is 42.7. The molecule has 1 saturated carbocycles. The molecule has 0 bridgehead atoms. The molecule has 0 aliphatic heterocycles. The van der Waals surface area contributed by atoms with Crippen molar-refractivity contribution in [2.75, 3.05) is 13.2 Å². The van der Waals surface area contributed by atoms with Crippen LogP contribution in [0.15, 0.2) is 48.6 Å². The highest BCUT2D eigenvalue weighted by molar-refractivity contribution is 7.47. The van der Waals surface area contributed by atoms with Gasteiger partial charge in [0.1, 0.15) is 43.2 Å². The standard InChI is InChI=1S/C53H95O13P/c1-3-5-7-9-11-13-15-17-19-21-22-23-24-26-28-30-32-34-36-38-40-42-47(55)65-45(44-64-67(61,62)66-53-51(59)49(57)48(56)50(58)52(53)60)43-63-46(54)41-39-37-35-33-31-29-27-25-20-18-16-14-12-10-8-6-4-2/h12,14,17-20,27,29,45,48-53,56-60H,3-11,13,15-16,21-26,28,30-44H2,1-2H3,(H,61,62)/b14-12+,19-17+,20-18+,29-27+/t45-,48?,49-,50?,51?,52?,53?/m1/s1. The van der Waals surface area contributed by atoms with E-state index in [-0.39, 0.29) is 12.8 Å². The Morgan fingerprint density at radius 2 is 0.806 bits per heavy atom. The van der Waals surface area contributed by atoms with E-state index in [4.69, 9.17) is 18.5 Å². The second-order valence-electron chi connectivity index (χ2n) is 18.4. The van der Waals surface area contributed by atoms with Crippen molar-refractivity contribution in [3.05, 3.63) is 48.6 Å². The Kier molecular flexibility index (Phi) is 40.0. The lowest BCUT2D eigenvalue weighted by Gasteiger charge is -2.41. The van der Waals surface area contributed by atoms with Crippen LogP contribution >= 0.6 is 7.82 Å². The minimum atomic E-state index is -5.13. The molecule has 14 heteroatoms. The summed E-state index contributed by atoms with van der Waals surface area (Å²) in [5, 5.41) is 50.3. The van der Waals surface area contributed by atoms with Crippen LogP contribution in [-0.4, -0.2) is 98.3 Å². The average Bonchev–Trinajstić information content (AvgIpc) is 3.31. The normalized spacial score (nSPS) is 21.5. The van der Waals surface area contributed by atoms with E-state index in [0.717, 1.165) is 70.6 Å². The number of rotatable bonds is 44. The summed E-state index contributed by atoms with van der Waals surface area (Å²) < 4.78 is 33.6. The van der Waals surface area contributed by atoms with Gasteiger partial charge >= 0.3 is 19.8 Å². The van der Waals surface area contributed by atoms with E-state index in [1.807, 2.05) is 0 Å². The molecule has 1 aliphatic carbocycles. The van der Waals surface area contributed by atoms with Crippen molar-refractivity contribution in [3.8, 4) is 0 Å². The van der Waals surface area contributed by atoms with Crippen molar-refractivity contribution in [2.45, 2.75) is 262 Å². The number of unbranched alkanes of at least 4 members (excludes halogenated alkanes) is 24. The fourth-order valence-electron chi connectivity index (χ4n) is 7.88. The molecule has 67 heavy (non-hydrogen) atoms. The third-order valence-electron chi connectivity index (χ3n) is 12.1. The first kappa shape index (κ1) is 62.8. The van der Waals surface area contributed by atoms with Gasteiger partial charge in [0.2, 0.25) is 0 Å². The molecular formula is C53H95O13P. The van der Waals surface area contributed by atoms with Gasteiger partial charge in [-0.05, 0) is 77.0 Å². The van der Waals surface area contributed by atoms with E-state index >= 15 is 0 Å². The fourth-order valence-corrected chi connectivity index (χ4v) is 8.85. The number of aliphatic hydroxyl groups is 5. The molecule has 0 aromatic heterocycles. The van der Waals surface area contributed by atoms with Crippen LogP contribution in [0.2, 0.25) is 0 Å². The summed E-state index contributed by atoms with van der Waals surface area (Å²) in [6, 6.07) is 0. The second-order valence-corrected chi connectivity index (χ2v) is 19.8. The topological polar surface area (TPSA) is 210 Å². The Hall–Kier alpha value is -2.19. The van der Waals surface area contributed by atoms with Gasteiger partial charge in [0.05, 0.1) is 6.61 Å². The van der Waals surface area contributed by atoms with Gasteiger partial charge in [0.15, 0.2) is 6.10 Å². The van der Waals surface area contributed by atoms with Gasteiger partial charge in [-0.2, -0.15) is 0 Å². The first-order valence-corrected chi connectivity index (χ1v) is 27.9. The largest absolute Gasteiger partial charge is 0.472 e. The summed E-state index contributed by atoms with van der Waals surface area (Å²) in [5.41, 5.74) is 0. The number of phosphoric ester groups is 1. The molecule has 0 heterocycles. The number of phosphoric acid groups is 1. The number of ether oxygens (including phenoxy) is 2. The zero-order valence-corrected chi connectivity index (χ0v) is 42.6. The van der Waals surface area contributed by atoms with Gasteiger partial charge in [0.25, 0.3) is 0 Å². The number of hydrogen-bond acceptors (Lipinski definition) is 12. The molecule has 8 atom stereocenters. The molecule has 0 aromatic carbocycles. The van der Waals surface area contributed by atoms with Crippen LogP contribution in [0.1, 0.15) is 219 Å². The van der Waals surface area contributed by atoms with E-state index in [9.17, 15) is 44.6 Å². The Morgan fingerprint density at radius 1 is 0.463 bits per heavy atom. The Labute approximate surface area is 405 Å². The van der Waals surface area contributed by atoms with Gasteiger partial charge in [-0.1, -0.05) is 178 Å². The monoisotopic (exact) mass is 971 g/mol. The van der Waals surface area contributed by atoms with Crippen molar-refractivity contribution in [1.29, 1.82) is 0 Å². The lowest BCUT2D eigenvalue weighted by atomic mass is 9.85. The maximum atomic E-state index is 12.9. The summed E-state index contributed by atoms with van der Waals surface area (Å²) in [7, 11) is -5.13. The molecule has 390 valence electrons. The maximum Gasteiger partial charge on any atom is 0.472 e. The van der Waals surface area contributed by atoms with Crippen LogP contribution in [-0.2, 0) is 32.7 Å². The molecule has 6 unspecified atom stereocenters. The number of hydrogen-bond donors (Lipinski definition) is 6. The molecule has 13 nitrogen and oxygen atoms in total. The lowest BCUT2D eigenvalue weighted by Crippen LogP contribution is -2.64. The van der Waals surface area contributed by atoms with Crippen molar-refractivity contribution in [1.82, 2.24) is 0 Å². The van der Waals surface area contributed by atoms with Crippen LogP contribution < -0.4 is 0 Å². The summed E-state index contributed by atoms with van der Waals surface area (Å²) in [6.45, 7) is 3.27. The molecule has 1 rings (SSSR count). The van der Waals surface area contributed by atoms with Crippen LogP contribution in [0.25, 0.3) is 0 Å². The number of esters is 2. The Morgan fingerprint density at radius 3 is 1.27 bits per heavy atom. The summed E-state index contributed by atoms with van der Waals surface area (Å²) >= 11 is 0. The minimum Gasteiger partial charge on any atom is -0.462 e. The van der Waals surface area contributed by atoms with Crippen LogP contribution in [0.3, 0.4) is 0 Å². The third-order valence-corrected chi connectivity index (χ3v) is 13.1. The number of allylic oxidation sites excluding steroid dienone is 8. The first-order chi connectivity index (χ1) is 32.4. The molecule has 0 radical (unpaired) electrons. The lowest BCUT2D eigenvalue weighted by molar-refractivity contribution is -0.220. The number of carbonyl (C=O) groups is 2. The zero-order chi connectivity index (χ0) is 49.2. The highest BCUT2D eigenvalue weighted by atomic mass is 31.2. The molecule has 6 N–H and O–H groups in total. The third kappa shape index (κ3) is 34.7. The van der Waals surface area contributed by atoms with Gasteiger partial charge in [-0.3, -0.25) is 18.6 Å². The Balaban J connectivity index is 2.40. The fraction of sp³-hybridized carbons (Fsp3) is 0.811. The van der Waals surface area contributed by atoms with Crippen LogP contribution in [0.5, 0.6) is 0 Å². The van der Waals surface area contributed by atoms with Gasteiger partial charge in [0, 0.05) is 12.8 Å². The van der Waals surface area contributed by atoms with E-state index < -0.39 is 75.7 Å². The highest BCUT2D eigenvalue weighted by Gasteiger charge is 2.51. The predicted molar refractivity (Wildman–Crippen MR) is 267 cm³/mol. The average molecular weight is 971 g/mol. The molecule has 1 fully saturated rings. The first-order valence-electron chi connectivity index (χ1n) is 26.4. The molecular weight excluding hydrogens is 876 g/mol.